The molecule has 90 valence electrons. The van der Waals surface area contributed by atoms with Gasteiger partial charge in [-0.3, -0.25) is 9.59 Å². The normalized spacial score (nSPS) is 24.1. The topological polar surface area (TPSA) is 66.4 Å². The average molecular weight is 225 g/mol. The Morgan fingerprint density at radius 3 is 2.50 bits per heavy atom. The van der Waals surface area contributed by atoms with Gasteiger partial charge < -0.3 is 10.4 Å². The molecule has 4 heteroatoms. The molecule has 0 heterocycles. The number of aliphatic carboxylic acids is 1. The third-order valence-corrected chi connectivity index (χ3v) is 2.92. The van der Waals surface area contributed by atoms with Crippen molar-refractivity contribution in [2.75, 3.05) is 6.54 Å². The molecule has 0 fully saturated rings. The molecule has 0 aromatic rings. The molecular formula is C12H19NO3. The molecule has 4 nitrogen and oxygen atoms in total. The van der Waals surface area contributed by atoms with Crippen LogP contribution >= 0.6 is 0 Å². The third-order valence-electron chi connectivity index (χ3n) is 2.92. The summed E-state index contributed by atoms with van der Waals surface area (Å²) in [6.07, 6.45) is 6.69. The number of carboxylic acids is 1. The number of unbranched alkanes of at least 4 members (excludes halogenated alkanes) is 1. The Balaban J connectivity index is 2.52. The lowest BCUT2D eigenvalue weighted by atomic mass is 9.82. The van der Waals surface area contributed by atoms with Gasteiger partial charge in [0, 0.05) is 6.54 Å². The van der Waals surface area contributed by atoms with Crippen LogP contribution in [0.2, 0.25) is 0 Å². The number of carboxylic acid groups (broad SMARTS) is 1. The second-order valence-electron chi connectivity index (χ2n) is 4.14. The maximum absolute atomic E-state index is 11.8. The molecule has 0 bridgehead atoms. The van der Waals surface area contributed by atoms with Gasteiger partial charge >= 0.3 is 5.97 Å². The van der Waals surface area contributed by atoms with E-state index in [9.17, 15) is 9.59 Å². The molecule has 1 aliphatic carbocycles. The van der Waals surface area contributed by atoms with E-state index < -0.39 is 17.8 Å². The minimum Gasteiger partial charge on any atom is -0.481 e. The zero-order chi connectivity index (χ0) is 12.0. The van der Waals surface area contributed by atoms with Crippen molar-refractivity contribution in [2.45, 2.75) is 32.6 Å². The van der Waals surface area contributed by atoms with Crippen molar-refractivity contribution in [1.82, 2.24) is 5.32 Å². The Kier molecular flexibility index (Phi) is 5.02. The lowest BCUT2D eigenvalue weighted by Crippen LogP contribution is -2.39. The fraction of sp³-hybridized carbons (Fsp3) is 0.667. The number of carbonyl (C=O) groups is 2. The van der Waals surface area contributed by atoms with E-state index in [0.29, 0.717) is 19.4 Å². The van der Waals surface area contributed by atoms with E-state index >= 15 is 0 Å². The van der Waals surface area contributed by atoms with Gasteiger partial charge in [0.2, 0.25) is 5.91 Å². The van der Waals surface area contributed by atoms with Crippen LogP contribution in [0.5, 0.6) is 0 Å². The van der Waals surface area contributed by atoms with Crippen LogP contribution in [-0.4, -0.2) is 23.5 Å². The predicted octanol–water partition coefficient (Wildman–Crippen LogP) is 1.57. The Morgan fingerprint density at radius 1 is 1.31 bits per heavy atom. The smallest absolute Gasteiger partial charge is 0.307 e. The Bertz CT molecular complexity index is 286. The summed E-state index contributed by atoms with van der Waals surface area (Å²) in [7, 11) is 0. The first-order valence-corrected chi connectivity index (χ1v) is 5.82. The molecule has 1 rings (SSSR count). The van der Waals surface area contributed by atoms with Crippen molar-refractivity contribution in [3.63, 3.8) is 0 Å². The Labute approximate surface area is 95.7 Å². The van der Waals surface area contributed by atoms with Crippen molar-refractivity contribution >= 4 is 11.9 Å². The van der Waals surface area contributed by atoms with Gasteiger partial charge in [-0.2, -0.15) is 0 Å². The van der Waals surface area contributed by atoms with Gasteiger partial charge in [-0.15, -0.1) is 0 Å². The summed E-state index contributed by atoms with van der Waals surface area (Å²) in [6.45, 7) is 2.69. The monoisotopic (exact) mass is 225 g/mol. The first-order chi connectivity index (χ1) is 7.66. The molecule has 0 saturated carbocycles. The maximum Gasteiger partial charge on any atom is 0.307 e. The minimum atomic E-state index is -0.875. The molecule has 2 atom stereocenters. The largest absolute Gasteiger partial charge is 0.481 e. The first kappa shape index (κ1) is 12.7. The summed E-state index contributed by atoms with van der Waals surface area (Å²) in [5.74, 6) is -1.96. The molecule has 0 aromatic heterocycles. The number of hydrogen-bond acceptors (Lipinski definition) is 2. The molecule has 2 N–H and O–H groups in total. The van der Waals surface area contributed by atoms with Gasteiger partial charge in [0.1, 0.15) is 0 Å². The van der Waals surface area contributed by atoms with Crippen molar-refractivity contribution in [3.8, 4) is 0 Å². The SMILES string of the molecule is CCCCNC(=O)[C@H]1CC=CC[C@@H]1C(=O)O. The number of amides is 1. The van der Waals surface area contributed by atoms with Crippen LogP contribution in [0.1, 0.15) is 32.6 Å². The molecule has 0 unspecified atom stereocenters. The van der Waals surface area contributed by atoms with E-state index in [2.05, 4.69) is 12.2 Å². The van der Waals surface area contributed by atoms with Crippen LogP contribution in [-0.2, 0) is 9.59 Å². The van der Waals surface area contributed by atoms with Gasteiger partial charge in [-0.1, -0.05) is 25.5 Å². The van der Waals surface area contributed by atoms with Crippen LogP contribution in [0.15, 0.2) is 12.2 Å². The Hall–Kier alpha value is -1.32. The second kappa shape index (κ2) is 6.30. The van der Waals surface area contributed by atoms with Crippen LogP contribution in [0, 0.1) is 11.8 Å². The predicted molar refractivity (Wildman–Crippen MR) is 60.9 cm³/mol. The quantitative estimate of drug-likeness (QED) is 0.551. The lowest BCUT2D eigenvalue weighted by Gasteiger charge is -2.24. The molecule has 0 radical (unpaired) electrons. The standard InChI is InChI=1S/C12H19NO3/c1-2-3-8-13-11(14)9-6-4-5-7-10(9)12(15)16/h4-5,9-10H,2-3,6-8H2,1H3,(H,13,14)(H,15,16)/t9-,10-/m0/s1. The number of nitrogens with one attached hydrogen (secondary N) is 1. The summed E-state index contributed by atoms with van der Waals surface area (Å²) in [5.41, 5.74) is 0. The van der Waals surface area contributed by atoms with E-state index in [-0.39, 0.29) is 5.91 Å². The summed E-state index contributed by atoms with van der Waals surface area (Å²) in [5, 5.41) is 11.8. The highest BCUT2D eigenvalue weighted by Gasteiger charge is 2.33. The van der Waals surface area contributed by atoms with E-state index in [1.165, 1.54) is 0 Å². The molecule has 0 saturated heterocycles. The van der Waals surface area contributed by atoms with E-state index in [1.54, 1.807) is 0 Å². The zero-order valence-electron chi connectivity index (χ0n) is 9.61. The summed E-state index contributed by atoms with van der Waals surface area (Å²) in [4.78, 5) is 22.8. The summed E-state index contributed by atoms with van der Waals surface area (Å²) in [6, 6.07) is 0. The molecular weight excluding hydrogens is 206 g/mol. The molecule has 1 amide bonds. The van der Waals surface area contributed by atoms with E-state index in [1.807, 2.05) is 12.2 Å². The van der Waals surface area contributed by atoms with Crippen molar-refractivity contribution in [2.24, 2.45) is 11.8 Å². The van der Waals surface area contributed by atoms with Gasteiger partial charge in [0.05, 0.1) is 11.8 Å². The number of allylic oxidation sites excluding steroid dienone is 2. The Morgan fingerprint density at radius 2 is 1.94 bits per heavy atom. The number of carbonyl (C=O) groups excluding carboxylic acids is 1. The highest BCUT2D eigenvalue weighted by molar-refractivity contribution is 5.85. The molecule has 0 spiro atoms. The minimum absolute atomic E-state index is 0.120. The summed E-state index contributed by atoms with van der Waals surface area (Å²) >= 11 is 0. The molecule has 0 aliphatic heterocycles. The fourth-order valence-electron chi connectivity index (χ4n) is 1.90. The van der Waals surface area contributed by atoms with Crippen LogP contribution in [0.3, 0.4) is 0 Å². The third kappa shape index (κ3) is 3.36. The first-order valence-electron chi connectivity index (χ1n) is 5.82. The average Bonchev–Trinajstić information content (AvgIpc) is 2.29. The fourth-order valence-corrected chi connectivity index (χ4v) is 1.90. The van der Waals surface area contributed by atoms with E-state index in [4.69, 9.17) is 5.11 Å². The molecule has 16 heavy (non-hydrogen) atoms. The second-order valence-corrected chi connectivity index (χ2v) is 4.14. The van der Waals surface area contributed by atoms with Crippen LogP contribution < -0.4 is 5.32 Å². The number of rotatable bonds is 5. The van der Waals surface area contributed by atoms with E-state index in [0.717, 1.165) is 12.8 Å². The van der Waals surface area contributed by atoms with Gasteiger partial charge in [-0.25, -0.2) is 0 Å². The highest BCUT2D eigenvalue weighted by Crippen LogP contribution is 2.25. The highest BCUT2D eigenvalue weighted by atomic mass is 16.4. The van der Waals surface area contributed by atoms with Crippen molar-refractivity contribution in [3.05, 3.63) is 12.2 Å². The van der Waals surface area contributed by atoms with Crippen LogP contribution in [0.25, 0.3) is 0 Å². The lowest BCUT2D eigenvalue weighted by molar-refractivity contribution is -0.147. The summed E-state index contributed by atoms with van der Waals surface area (Å²) < 4.78 is 0. The molecule has 1 aliphatic rings. The van der Waals surface area contributed by atoms with Gasteiger partial charge in [0.15, 0.2) is 0 Å². The zero-order valence-corrected chi connectivity index (χ0v) is 9.61. The van der Waals surface area contributed by atoms with Gasteiger partial charge in [0.25, 0.3) is 0 Å². The van der Waals surface area contributed by atoms with Crippen LogP contribution in [0.4, 0.5) is 0 Å². The molecule has 0 aromatic carbocycles. The maximum atomic E-state index is 11.8. The number of hydrogen-bond donors (Lipinski definition) is 2. The van der Waals surface area contributed by atoms with Crippen molar-refractivity contribution < 1.29 is 14.7 Å². The van der Waals surface area contributed by atoms with Gasteiger partial charge in [-0.05, 0) is 19.3 Å². The van der Waals surface area contributed by atoms with Crippen molar-refractivity contribution in [1.29, 1.82) is 0 Å².